The molecule has 0 unspecified atom stereocenters. The van der Waals surface area contributed by atoms with Crippen molar-refractivity contribution in [3.05, 3.63) is 58.8 Å². The molecule has 2 heterocycles. The van der Waals surface area contributed by atoms with Crippen LogP contribution in [0.1, 0.15) is 29.9 Å². The van der Waals surface area contributed by atoms with Gasteiger partial charge in [0.1, 0.15) is 11.4 Å². The van der Waals surface area contributed by atoms with E-state index in [0.717, 1.165) is 6.42 Å². The number of amides is 1. The maximum Gasteiger partial charge on any atom is 0.274 e. The number of rotatable bonds is 3. The summed E-state index contributed by atoms with van der Waals surface area (Å²) in [6.45, 7) is 2.11. The lowest BCUT2D eigenvalue weighted by atomic mass is 10.3. The summed E-state index contributed by atoms with van der Waals surface area (Å²) in [4.78, 5) is 28.3. The van der Waals surface area contributed by atoms with Crippen molar-refractivity contribution < 1.29 is 4.79 Å². The van der Waals surface area contributed by atoms with Gasteiger partial charge in [0.25, 0.3) is 11.5 Å². The molecule has 1 fully saturated rings. The van der Waals surface area contributed by atoms with Gasteiger partial charge in [-0.1, -0.05) is 13.0 Å². The van der Waals surface area contributed by atoms with Gasteiger partial charge in [-0.25, -0.2) is 0 Å². The number of nitrogens with one attached hydrogen (secondary N) is 1. The highest BCUT2D eigenvalue weighted by Crippen LogP contribution is 2.41. The van der Waals surface area contributed by atoms with E-state index in [1.165, 1.54) is 0 Å². The fourth-order valence-corrected chi connectivity index (χ4v) is 2.24. The molecule has 0 saturated heterocycles. The van der Waals surface area contributed by atoms with Gasteiger partial charge >= 0.3 is 0 Å². The number of carbonyl (C=O) groups is 1. The molecule has 2 aromatic heterocycles. The van der Waals surface area contributed by atoms with Crippen LogP contribution < -0.4 is 10.9 Å². The Labute approximate surface area is 116 Å². The first kappa shape index (κ1) is 12.6. The Morgan fingerprint density at radius 1 is 1.35 bits per heavy atom. The van der Waals surface area contributed by atoms with Crippen molar-refractivity contribution in [1.82, 2.24) is 9.55 Å². The fraction of sp³-hybridized carbons (Fsp3) is 0.267. The molecule has 0 radical (unpaired) electrons. The molecule has 3 rings (SSSR count). The van der Waals surface area contributed by atoms with Crippen molar-refractivity contribution >= 4 is 11.6 Å². The van der Waals surface area contributed by atoms with E-state index in [2.05, 4.69) is 17.2 Å². The maximum absolute atomic E-state index is 12.3. The summed E-state index contributed by atoms with van der Waals surface area (Å²) in [6, 6.07) is 8.74. The van der Waals surface area contributed by atoms with Crippen molar-refractivity contribution in [1.29, 1.82) is 0 Å². The summed E-state index contributed by atoms with van der Waals surface area (Å²) >= 11 is 0. The second-order valence-electron chi connectivity index (χ2n) is 5.08. The highest BCUT2D eigenvalue weighted by atomic mass is 16.2. The van der Waals surface area contributed by atoms with Crippen LogP contribution in [-0.4, -0.2) is 15.5 Å². The third-order valence-corrected chi connectivity index (χ3v) is 3.54. The first-order chi connectivity index (χ1) is 9.66. The van der Waals surface area contributed by atoms with Gasteiger partial charge in [0.15, 0.2) is 0 Å². The number of hydrogen-bond donors (Lipinski definition) is 1. The van der Waals surface area contributed by atoms with Crippen molar-refractivity contribution in [3.8, 4) is 0 Å². The van der Waals surface area contributed by atoms with Gasteiger partial charge in [-0.15, -0.1) is 0 Å². The molecule has 5 heteroatoms. The normalized spacial score (nSPS) is 20.4. The number of nitrogens with zero attached hydrogens (tertiary/aromatic N) is 2. The minimum atomic E-state index is -0.371. The Balaban J connectivity index is 1.85. The van der Waals surface area contributed by atoms with Crippen LogP contribution >= 0.6 is 0 Å². The van der Waals surface area contributed by atoms with Gasteiger partial charge in [0.2, 0.25) is 0 Å². The Bertz CT molecular complexity index is 694. The van der Waals surface area contributed by atoms with Gasteiger partial charge in [-0.05, 0) is 36.6 Å². The molecule has 1 aliphatic rings. The van der Waals surface area contributed by atoms with Crippen molar-refractivity contribution in [3.63, 3.8) is 0 Å². The third kappa shape index (κ3) is 2.34. The van der Waals surface area contributed by atoms with Gasteiger partial charge in [-0.3, -0.25) is 14.6 Å². The quantitative estimate of drug-likeness (QED) is 0.927. The number of anilines is 1. The molecular formula is C15H15N3O2. The Morgan fingerprint density at radius 2 is 2.15 bits per heavy atom. The van der Waals surface area contributed by atoms with E-state index in [1.54, 1.807) is 47.3 Å². The Kier molecular flexibility index (Phi) is 3.10. The van der Waals surface area contributed by atoms with Crippen LogP contribution in [0.4, 0.5) is 5.69 Å². The first-order valence-corrected chi connectivity index (χ1v) is 6.60. The zero-order valence-corrected chi connectivity index (χ0v) is 11.1. The van der Waals surface area contributed by atoms with Crippen LogP contribution in [0.15, 0.2) is 47.5 Å². The molecule has 1 aliphatic carbocycles. The lowest BCUT2D eigenvalue weighted by Crippen LogP contribution is -2.25. The molecule has 1 saturated carbocycles. The molecule has 0 aliphatic heterocycles. The first-order valence-electron chi connectivity index (χ1n) is 6.60. The SMILES string of the molecule is C[C@H]1C[C@@H]1n1cccc(NC(=O)c2ccccn2)c1=O. The van der Waals surface area contributed by atoms with Crippen molar-refractivity contribution in [2.24, 2.45) is 5.92 Å². The second-order valence-corrected chi connectivity index (χ2v) is 5.08. The molecule has 1 amide bonds. The summed E-state index contributed by atoms with van der Waals surface area (Å²) in [5, 5.41) is 2.63. The molecule has 2 aromatic rings. The standard InChI is InChI=1S/C15H15N3O2/c1-10-9-13(10)18-8-4-6-12(15(18)20)17-14(19)11-5-2-3-7-16-11/h2-8,10,13H,9H2,1H3,(H,17,19)/t10-,13-/m0/s1. The highest BCUT2D eigenvalue weighted by Gasteiger charge is 2.35. The number of carbonyl (C=O) groups excluding carboxylic acids is 1. The molecule has 0 spiro atoms. The maximum atomic E-state index is 12.3. The van der Waals surface area contributed by atoms with Gasteiger partial charge in [0.05, 0.1) is 0 Å². The molecule has 1 N–H and O–H groups in total. The highest BCUT2D eigenvalue weighted by molar-refractivity contribution is 6.02. The predicted octanol–water partition coefficient (Wildman–Crippen LogP) is 2.08. The van der Waals surface area contributed by atoms with E-state index in [0.29, 0.717) is 17.3 Å². The minimum absolute atomic E-state index is 0.161. The molecule has 0 bridgehead atoms. The van der Waals surface area contributed by atoms with Crippen LogP contribution in [0.5, 0.6) is 0 Å². The van der Waals surface area contributed by atoms with E-state index in [1.807, 2.05) is 0 Å². The zero-order valence-electron chi connectivity index (χ0n) is 11.1. The number of aromatic nitrogens is 2. The number of pyridine rings is 2. The minimum Gasteiger partial charge on any atom is -0.316 e. The van der Waals surface area contributed by atoms with Crippen LogP contribution in [0.2, 0.25) is 0 Å². The molecule has 102 valence electrons. The predicted molar refractivity (Wildman–Crippen MR) is 75.7 cm³/mol. The summed E-state index contributed by atoms with van der Waals surface area (Å²) in [6.07, 6.45) is 4.33. The smallest absolute Gasteiger partial charge is 0.274 e. The Hall–Kier alpha value is -2.43. The molecular weight excluding hydrogens is 254 g/mol. The Morgan fingerprint density at radius 3 is 2.80 bits per heavy atom. The summed E-state index contributed by atoms with van der Waals surface area (Å²) < 4.78 is 1.69. The van der Waals surface area contributed by atoms with E-state index in [9.17, 15) is 9.59 Å². The zero-order chi connectivity index (χ0) is 14.1. The summed E-state index contributed by atoms with van der Waals surface area (Å²) in [5.41, 5.74) is 0.426. The van der Waals surface area contributed by atoms with Crippen LogP contribution in [0.25, 0.3) is 0 Å². The molecule has 0 aromatic carbocycles. The summed E-state index contributed by atoms with van der Waals surface area (Å²) in [5.74, 6) is 0.152. The van der Waals surface area contributed by atoms with Crippen molar-refractivity contribution in [2.45, 2.75) is 19.4 Å². The molecule has 5 nitrogen and oxygen atoms in total. The largest absolute Gasteiger partial charge is 0.316 e. The molecule has 2 atom stereocenters. The van der Waals surface area contributed by atoms with Gasteiger partial charge in [-0.2, -0.15) is 0 Å². The molecule has 20 heavy (non-hydrogen) atoms. The van der Waals surface area contributed by atoms with E-state index in [4.69, 9.17) is 0 Å². The number of hydrogen-bond acceptors (Lipinski definition) is 3. The lowest BCUT2D eigenvalue weighted by Gasteiger charge is -2.08. The second kappa shape index (κ2) is 4.92. The van der Waals surface area contributed by atoms with Crippen LogP contribution in [-0.2, 0) is 0 Å². The van der Waals surface area contributed by atoms with Gasteiger partial charge < -0.3 is 9.88 Å². The average Bonchev–Trinajstić information content (AvgIpc) is 3.19. The van der Waals surface area contributed by atoms with E-state index in [-0.39, 0.29) is 17.5 Å². The third-order valence-electron chi connectivity index (χ3n) is 3.54. The van der Waals surface area contributed by atoms with E-state index < -0.39 is 0 Å². The van der Waals surface area contributed by atoms with E-state index >= 15 is 0 Å². The van der Waals surface area contributed by atoms with Crippen LogP contribution in [0, 0.1) is 5.92 Å². The van der Waals surface area contributed by atoms with Gasteiger partial charge in [0, 0.05) is 18.4 Å². The lowest BCUT2D eigenvalue weighted by molar-refractivity contribution is 0.102. The van der Waals surface area contributed by atoms with Crippen molar-refractivity contribution in [2.75, 3.05) is 5.32 Å². The topological polar surface area (TPSA) is 64.0 Å². The summed E-state index contributed by atoms with van der Waals surface area (Å²) in [7, 11) is 0. The fourth-order valence-electron chi connectivity index (χ4n) is 2.24. The monoisotopic (exact) mass is 269 g/mol. The average molecular weight is 269 g/mol. The van der Waals surface area contributed by atoms with Crippen LogP contribution in [0.3, 0.4) is 0 Å².